The number of nitrogens with zero attached hydrogens (tertiary/aromatic N) is 1. The predicted molar refractivity (Wildman–Crippen MR) is 90.5 cm³/mol. The maximum atomic E-state index is 3.69. The highest BCUT2D eigenvalue weighted by atomic mass is 15.2. The van der Waals surface area contributed by atoms with Gasteiger partial charge < -0.3 is 5.32 Å². The Morgan fingerprint density at radius 1 is 0.905 bits per heavy atom. The first-order valence-electron chi connectivity index (χ1n) is 9.50. The summed E-state index contributed by atoms with van der Waals surface area (Å²) in [4.78, 5) is 2.85. The van der Waals surface area contributed by atoms with E-state index in [1.54, 1.807) is 0 Å². The van der Waals surface area contributed by atoms with Crippen molar-refractivity contribution in [3.8, 4) is 0 Å². The average Bonchev–Trinajstić information content (AvgIpc) is 3.16. The van der Waals surface area contributed by atoms with E-state index in [-0.39, 0.29) is 0 Å². The average molecular weight is 293 g/mol. The lowest BCUT2D eigenvalue weighted by atomic mass is 9.70. The highest BCUT2D eigenvalue weighted by Gasteiger charge is 2.35. The van der Waals surface area contributed by atoms with Gasteiger partial charge in [0.05, 0.1) is 0 Å². The van der Waals surface area contributed by atoms with Gasteiger partial charge in [0.1, 0.15) is 0 Å². The van der Waals surface area contributed by atoms with Gasteiger partial charge in [-0.05, 0) is 75.2 Å². The normalized spacial score (nSPS) is 34.6. The summed E-state index contributed by atoms with van der Waals surface area (Å²) in [7, 11) is 0. The molecule has 2 saturated carbocycles. The molecule has 3 fully saturated rings. The molecular formula is C19H36N2. The van der Waals surface area contributed by atoms with Crippen LogP contribution in [0.2, 0.25) is 0 Å². The minimum atomic E-state index is 0.523. The van der Waals surface area contributed by atoms with Crippen molar-refractivity contribution in [1.82, 2.24) is 10.2 Å². The topological polar surface area (TPSA) is 15.3 Å². The second-order valence-corrected chi connectivity index (χ2v) is 9.06. The van der Waals surface area contributed by atoms with E-state index in [0.29, 0.717) is 5.41 Å². The maximum absolute atomic E-state index is 3.69. The first-order chi connectivity index (χ1) is 10.0. The van der Waals surface area contributed by atoms with Gasteiger partial charge in [-0.15, -0.1) is 0 Å². The van der Waals surface area contributed by atoms with Crippen LogP contribution >= 0.6 is 0 Å². The highest BCUT2D eigenvalue weighted by Crippen LogP contribution is 2.40. The fourth-order valence-corrected chi connectivity index (χ4v) is 4.55. The zero-order chi connectivity index (χ0) is 14.9. The first kappa shape index (κ1) is 15.8. The van der Waals surface area contributed by atoms with Crippen molar-refractivity contribution in [2.45, 2.75) is 84.2 Å². The molecule has 0 aromatic heterocycles. The molecule has 3 rings (SSSR count). The maximum Gasteiger partial charge on any atom is 0.0195 e. The molecule has 0 radical (unpaired) electrons. The van der Waals surface area contributed by atoms with E-state index in [0.717, 1.165) is 23.9 Å². The third-order valence-electron chi connectivity index (χ3n) is 6.24. The van der Waals surface area contributed by atoms with Gasteiger partial charge in [0.15, 0.2) is 0 Å². The summed E-state index contributed by atoms with van der Waals surface area (Å²) >= 11 is 0. The minimum Gasteiger partial charge on any atom is -0.313 e. The summed E-state index contributed by atoms with van der Waals surface area (Å²) in [6.45, 7) is 11.3. The summed E-state index contributed by atoms with van der Waals surface area (Å²) in [5.74, 6) is 1.94. The molecule has 0 aromatic carbocycles. The quantitative estimate of drug-likeness (QED) is 0.822. The summed E-state index contributed by atoms with van der Waals surface area (Å²) < 4.78 is 0. The molecule has 0 bridgehead atoms. The minimum absolute atomic E-state index is 0.523. The highest BCUT2D eigenvalue weighted by molar-refractivity contribution is 4.90. The Morgan fingerprint density at radius 3 is 2.14 bits per heavy atom. The van der Waals surface area contributed by atoms with Crippen LogP contribution in [-0.4, -0.2) is 36.6 Å². The number of hydrogen-bond donors (Lipinski definition) is 1. The fourth-order valence-electron chi connectivity index (χ4n) is 4.55. The van der Waals surface area contributed by atoms with Crippen LogP contribution in [0.3, 0.4) is 0 Å². The number of rotatable bonds is 5. The van der Waals surface area contributed by atoms with Crippen LogP contribution in [-0.2, 0) is 0 Å². The van der Waals surface area contributed by atoms with Gasteiger partial charge in [0.25, 0.3) is 0 Å². The molecule has 1 aliphatic heterocycles. The lowest BCUT2D eigenvalue weighted by Crippen LogP contribution is -2.42. The zero-order valence-electron chi connectivity index (χ0n) is 14.5. The molecule has 21 heavy (non-hydrogen) atoms. The third kappa shape index (κ3) is 4.45. The van der Waals surface area contributed by atoms with Crippen molar-refractivity contribution in [2.75, 3.05) is 19.6 Å². The van der Waals surface area contributed by atoms with Gasteiger partial charge in [0.2, 0.25) is 0 Å². The van der Waals surface area contributed by atoms with Crippen molar-refractivity contribution >= 4 is 0 Å². The van der Waals surface area contributed by atoms with Crippen LogP contribution in [0.1, 0.15) is 72.1 Å². The standard InChI is InChI=1S/C19H36N2/c1-19(2,3)16-8-6-15(7-9-16)13-21(18-10-11-18)14-17-5-4-12-20-17/h15-18,20H,4-14H2,1-3H3. The van der Waals surface area contributed by atoms with Crippen LogP contribution in [0.5, 0.6) is 0 Å². The molecular weight excluding hydrogens is 256 g/mol. The Morgan fingerprint density at radius 2 is 1.62 bits per heavy atom. The Bertz CT molecular complexity index is 315. The molecule has 122 valence electrons. The molecule has 1 unspecified atom stereocenters. The number of hydrogen-bond acceptors (Lipinski definition) is 2. The van der Waals surface area contributed by atoms with Gasteiger partial charge in [-0.25, -0.2) is 0 Å². The van der Waals surface area contributed by atoms with E-state index < -0.39 is 0 Å². The van der Waals surface area contributed by atoms with Gasteiger partial charge >= 0.3 is 0 Å². The molecule has 2 nitrogen and oxygen atoms in total. The molecule has 1 saturated heterocycles. The number of nitrogens with one attached hydrogen (secondary N) is 1. The van der Waals surface area contributed by atoms with Crippen molar-refractivity contribution in [3.63, 3.8) is 0 Å². The first-order valence-corrected chi connectivity index (χ1v) is 9.50. The molecule has 1 N–H and O–H groups in total. The fraction of sp³-hybridized carbons (Fsp3) is 1.00. The van der Waals surface area contributed by atoms with Gasteiger partial charge in [-0.1, -0.05) is 20.8 Å². The molecule has 0 spiro atoms. The predicted octanol–water partition coefficient (Wildman–Crippen LogP) is 4.06. The lowest BCUT2D eigenvalue weighted by Gasteiger charge is -2.39. The largest absolute Gasteiger partial charge is 0.313 e. The van der Waals surface area contributed by atoms with Crippen LogP contribution in [0.25, 0.3) is 0 Å². The van der Waals surface area contributed by atoms with Crippen LogP contribution in [0, 0.1) is 17.3 Å². The van der Waals surface area contributed by atoms with E-state index in [2.05, 4.69) is 31.0 Å². The smallest absolute Gasteiger partial charge is 0.0195 e. The third-order valence-corrected chi connectivity index (χ3v) is 6.24. The van der Waals surface area contributed by atoms with E-state index in [1.807, 2.05) is 0 Å². The lowest BCUT2D eigenvalue weighted by molar-refractivity contribution is 0.118. The van der Waals surface area contributed by atoms with E-state index in [9.17, 15) is 0 Å². The summed E-state index contributed by atoms with van der Waals surface area (Å²) in [6, 6.07) is 1.73. The summed E-state index contributed by atoms with van der Waals surface area (Å²) in [5.41, 5.74) is 0.523. The monoisotopic (exact) mass is 292 g/mol. The van der Waals surface area contributed by atoms with E-state index in [4.69, 9.17) is 0 Å². The Labute approximate surface area is 132 Å². The van der Waals surface area contributed by atoms with Gasteiger partial charge in [-0.3, -0.25) is 4.90 Å². The second-order valence-electron chi connectivity index (χ2n) is 9.06. The molecule has 2 aliphatic carbocycles. The van der Waals surface area contributed by atoms with Crippen LogP contribution < -0.4 is 5.32 Å². The summed E-state index contributed by atoms with van der Waals surface area (Å²) in [6.07, 6.45) is 11.6. The molecule has 0 amide bonds. The van der Waals surface area contributed by atoms with E-state index >= 15 is 0 Å². The van der Waals surface area contributed by atoms with Gasteiger partial charge in [-0.2, -0.15) is 0 Å². The molecule has 2 heteroatoms. The Hall–Kier alpha value is -0.0800. The van der Waals surface area contributed by atoms with Crippen molar-refractivity contribution in [2.24, 2.45) is 17.3 Å². The molecule has 1 atom stereocenters. The van der Waals surface area contributed by atoms with Crippen LogP contribution in [0.4, 0.5) is 0 Å². The van der Waals surface area contributed by atoms with Crippen molar-refractivity contribution in [3.05, 3.63) is 0 Å². The van der Waals surface area contributed by atoms with Crippen molar-refractivity contribution < 1.29 is 0 Å². The second kappa shape index (κ2) is 6.58. The Balaban J connectivity index is 1.46. The molecule has 3 aliphatic rings. The van der Waals surface area contributed by atoms with Crippen LogP contribution in [0.15, 0.2) is 0 Å². The zero-order valence-corrected chi connectivity index (χ0v) is 14.5. The van der Waals surface area contributed by atoms with Gasteiger partial charge in [0, 0.05) is 25.2 Å². The van der Waals surface area contributed by atoms with E-state index in [1.165, 1.54) is 71.0 Å². The SMILES string of the molecule is CC(C)(C)C1CCC(CN(CC2CCCN2)C2CC2)CC1. The molecule has 0 aromatic rings. The molecule has 1 heterocycles. The van der Waals surface area contributed by atoms with Crippen molar-refractivity contribution in [1.29, 1.82) is 0 Å². The summed E-state index contributed by atoms with van der Waals surface area (Å²) in [5, 5.41) is 3.69. The Kier molecular flexibility index (Phi) is 4.95.